The summed E-state index contributed by atoms with van der Waals surface area (Å²) in [5.74, 6) is 1.21. The van der Waals surface area contributed by atoms with Gasteiger partial charge in [0.1, 0.15) is 11.9 Å². The van der Waals surface area contributed by atoms with Crippen molar-refractivity contribution >= 4 is 5.91 Å². The van der Waals surface area contributed by atoms with E-state index in [0.717, 1.165) is 11.4 Å². The molecule has 0 fully saturated rings. The van der Waals surface area contributed by atoms with E-state index in [-0.39, 0.29) is 5.91 Å². The lowest BCUT2D eigenvalue weighted by Gasteiger charge is -2.20. The minimum Gasteiger partial charge on any atom is -0.337 e. The average Bonchev–Trinajstić information content (AvgIpc) is 3.24. The van der Waals surface area contributed by atoms with E-state index in [0.29, 0.717) is 12.4 Å². The molecular weight excluding hydrogens is 306 g/mol. The van der Waals surface area contributed by atoms with Crippen molar-refractivity contribution in [3.63, 3.8) is 0 Å². The number of nitrogens with zero attached hydrogens (tertiary/aromatic N) is 7. The van der Waals surface area contributed by atoms with Gasteiger partial charge in [0.05, 0.1) is 6.54 Å². The Balaban J connectivity index is 1.72. The number of carbonyl (C=O) groups excluding carboxylic acids is 1. The van der Waals surface area contributed by atoms with Gasteiger partial charge in [-0.3, -0.25) is 4.79 Å². The van der Waals surface area contributed by atoms with Crippen molar-refractivity contribution < 1.29 is 4.79 Å². The van der Waals surface area contributed by atoms with Crippen LogP contribution in [0.3, 0.4) is 0 Å². The number of aromatic nitrogens is 6. The van der Waals surface area contributed by atoms with E-state index in [9.17, 15) is 4.79 Å². The number of benzene rings is 1. The third kappa shape index (κ3) is 3.17. The van der Waals surface area contributed by atoms with Crippen LogP contribution < -0.4 is 0 Å². The molecular formula is C16H19N7O. The molecule has 1 aromatic carbocycles. The molecule has 1 amide bonds. The Kier molecular flexibility index (Phi) is 4.37. The zero-order valence-electron chi connectivity index (χ0n) is 13.9. The lowest BCUT2D eigenvalue weighted by molar-refractivity contribution is -0.134. The highest BCUT2D eigenvalue weighted by Crippen LogP contribution is 2.14. The number of amides is 1. The number of imidazole rings is 1. The van der Waals surface area contributed by atoms with Gasteiger partial charge in [0.2, 0.25) is 11.7 Å². The molecule has 3 aromatic rings. The first-order chi connectivity index (χ1) is 11.6. The van der Waals surface area contributed by atoms with Crippen molar-refractivity contribution in [1.82, 2.24) is 34.7 Å². The van der Waals surface area contributed by atoms with Gasteiger partial charge in [0.25, 0.3) is 0 Å². The van der Waals surface area contributed by atoms with Crippen LogP contribution in [-0.2, 0) is 18.4 Å². The lowest BCUT2D eigenvalue weighted by atomic mass is 10.2. The van der Waals surface area contributed by atoms with Crippen molar-refractivity contribution in [3.8, 4) is 11.4 Å². The molecule has 0 saturated carbocycles. The van der Waals surface area contributed by atoms with Crippen molar-refractivity contribution in [1.29, 1.82) is 0 Å². The van der Waals surface area contributed by atoms with E-state index in [4.69, 9.17) is 0 Å². The molecule has 0 N–H and O–H groups in total. The molecule has 0 aliphatic heterocycles. The van der Waals surface area contributed by atoms with Crippen LogP contribution in [0.25, 0.3) is 11.4 Å². The number of tetrazole rings is 1. The van der Waals surface area contributed by atoms with E-state index in [2.05, 4.69) is 20.4 Å². The molecule has 0 spiro atoms. The molecule has 1 atom stereocenters. The minimum atomic E-state index is -0.541. The summed E-state index contributed by atoms with van der Waals surface area (Å²) in [7, 11) is 3.64. The Labute approximate surface area is 139 Å². The molecule has 2 heterocycles. The summed E-state index contributed by atoms with van der Waals surface area (Å²) in [5, 5.41) is 12.4. The number of rotatable bonds is 5. The molecule has 0 radical (unpaired) electrons. The monoisotopic (exact) mass is 325 g/mol. The number of likely N-dealkylation sites (N-methyl/N-ethyl adjacent to an activating group) is 1. The fourth-order valence-corrected chi connectivity index (χ4v) is 2.35. The van der Waals surface area contributed by atoms with Crippen LogP contribution in [-0.4, -0.2) is 47.6 Å². The van der Waals surface area contributed by atoms with Crippen molar-refractivity contribution in [3.05, 3.63) is 48.5 Å². The van der Waals surface area contributed by atoms with Crippen LogP contribution in [0.2, 0.25) is 0 Å². The predicted molar refractivity (Wildman–Crippen MR) is 87.6 cm³/mol. The summed E-state index contributed by atoms with van der Waals surface area (Å²) >= 11 is 0. The zero-order valence-corrected chi connectivity index (χ0v) is 13.9. The molecule has 8 heteroatoms. The van der Waals surface area contributed by atoms with E-state index < -0.39 is 6.04 Å². The van der Waals surface area contributed by atoms with Crippen LogP contribution in [0.5, 0.6) is 0 Å². The Morgan fingerprint density at radius 1 is 1.29 bits per heavy atom. The summed E-state index contributed by atoms with van der Waals surface area (Å²) in [5.41, 5.74) is 0.866. The molecule has 0 aliphatic carbocycles. The highest BCUT2D eigenvalue weighted by Gasteiger charge is 2.23. The van der Waals surface area contributed by atoms with Gasteiger partial charge in [-0.1, -0.05) is 30.3 Å². The highest BCUT2D eigenvalue weighted by atomic mass is 16.2. The smallest absolute Gasteiger partial charge is 0.249 e. The first-order valence-electron chi connectivity index (χ1n) is 7.62. The lowest BCUT2D eigenvalue weighted by Crippen LogP contribution is -2.34. The Morgan fingerprint density at radius 2 is 2.04 bits per heavy atom. The fraction of sp³-hybridized carbons (Fsp3) is 0.312. The number of aryl methyl sites for hydroxylation is 1. The van der Waals surface area contributed by atoms with Gasteiger partial charge in [0, 0.05) is 32.1 Å². The topological polar surface area (TPSA) is 81.7 Å². The SMILES string of the molecule is C[C@@H](C(=O)N(C)Cc1nccn1C)n1nnc(-c2ccccc2)n1. The number of hydrogen-bond acceptors (Lipinski definition) is 5. The van der Waals surface area contributed by atoms with Gasteiger partial charge >= 0.3 is 0 Å². The molecule has 3 rings (SSSR count). The molecule has 8 nitrogen and oxygen atoms in total. The van der Waals surface area contributed by atoms with Gasteiger partial charge in [-0.25, -0.2) is 4.98 Å². The summed E-state index contributed by atoms with van der Waals surface area (Å²) in [4.78, 5) is 19.8. The van der Waals surface area contributed by atoms with Crippen LogP contribution in [0.15, 0.2) is 42.7 Å². The van der Waals surface area contributed by atoms with Gasteiger partial charge in [-0.2, -0.15) is 4.80 Å². The molecule has 124 valence electrons. The number of carbonyl (C=O) groups is 1. The third-order valence-electron chi connectivity index (χ3n) is 3.84. The highest BCUT2D eigenvalue weighted by molar-refractivity contribution is 5.79. The van der Waals surface area contributed by atoms with E-state index >= 15 is 0 Å². The van der Waals surface area contributed by atoms with Gasteiger partial charge in [0.15, 0.2) is 0 Å². The molecule has 0 saturated heterocycles. The van der Waals surface area contributed by atoms with Crippen LogP contribution in [0.1, 0.15) is 18.8 Å². The van der Waals surface area contributed by atoms with Gasteiger partial charge < -0.3 is 9.47 Å². The van der Waals surface area contributed by atoms with Crippen molar-refractivity contribution in [2.24, 2.45) is 7.05 Å². The summed E-state index contributed by atoms with van der Waals surface area (Å²) in [6.45, 7) is 2.18. The second-order valence-electron chi connectivity index (χ2n) is 5.62. The largest absolute Gasteiger partial charge is 0.337 e. The zero-order chi connectivity index (χ0) is 17.1. The summed E-state index contributed by atoms with van der Waals surface area (Å²) in [6.07, 6.45) is 3.56. The maximum absolute atomic E-state index is 12.6. The van der Waals surface area contributed by atoms with Gasteiger partial charge in [-0.05, 0) is 12.1 Å². The maximum atomic E-state index is 12.6. The van der Waals surface area contributed by atoms with Crippen LogP contribution >= 0.6 is 0 Å². The second kappa shape index (κ2) is 6.61. The van der Waals surface area contributed by atoms with Crippen molar-refractivity contribution in [2.75, 3.05) is 7.05 Å². The molecule has 24 heavy (non-hydrogen) atoms. The van der Waals surface area contributed by atoms with Crippen LogP contribution in [0.4, 0.5) is 0 Å². The van der Waals surface area contributed by atoms with Crippen LogP contribution in [0, 0.1) is 0 Å². The maximum Gasteiger partial charge on any atom is 0.249 e. The second-order valence-corrected chi connectivity index (χ2v) is 5.62. The molecule has 0 bridgehead atoms. The fourth-order valence-electron chi connectivity index (χ4n) is 2.35. The standard InChI is InChI=1S/C16H19N7O/c1-12(16(24)22(3)11-14-17-9-10-21(14)2)23-19-15(18-20-23)13-7-5-4-6-8-13/h4-10,12H,11H2,1-3H3/t12-/m0/s1. The first-order valence-corrected chi connectivity index (χ1v) is 7.62. The average molecular weight is 325 g/mol. The van der Waals surface area contributed by atoms with Gasteiger partial charge in [-0.15, -0.1) is 10.2 Å². The quantitative estimate of drug-likeness (QED) is 0.706. The first kappa shape index (κ1) is 15.9. The Bertz CT molecular complexity index is 824. The molecule has 0 unspecified atom stereocenters. The predicted octanol–water partition coefficient (Wildman–Crippen LogP) is 1.29. The van der Waals surface area contributed by atoms with E-state index in [1.165, 1.54) is 4.80 Å². The summed E-state index contributed by atoms with van der Waals surface area (Å²) < 4.78 is 1.88. The molecule has 2 aromatic heterocycles. The Morgan fingerprint density at radius 3 is 2.71 bits per heavy atom. The summed E-state index contributed by atoms with van der Waals surface area (Å²) in [6, 6.07) is 9.01. The number of hydrogen-bond donors (Lipinski definition) is 0. The molecule has 0 aliphatic rings. The van der Waals surface area contributed by atoms with E-state index in [1.807, 2.05) is 48.1 Å². The van der Waals surface area contributed by atoms with E-state index in [1.54, 1.807) is 25.1 Å². The van der Waals surface area contributed by atoms with Crippen molar-refractivity contribution in [2.45, 2.75) is 19.5 Å². The third-order valence-corrected chi connectivity index (χ3v) is 3.84. The Hall–Kier alpha value is -3.03. The minimum absolute atomic E-state index is 0.102. The normalized spacial score (nSPS) is 12.1.